The van der Waals surface area contributed by atoms with E-state index in [1.807, 2.05) is 7.05 Å². The summed E-state index contributed by atoms with van der Waals surface area (Å²) in [5.74, 6) is 0. The molecule has 0 saturated heterocycles. The smallest absolute Gasteiger partial charge is 0.0629 e. The number of hydrogen-bond acceptors (Lipinski definition) is 4. The maximum Gasteiger partial charge on any atom is 0.0629 e. The SMILES string of the molecule is CNc1cc(CCOC)cc(-c2ccsc2)c1N. The summed E-state index contributed by atoms with van der Waals surface area (Å²) in [5, 5.41) is 7.33. The highest BCUT2D eigenvalue weighted by Gasteiger charge is 2.09. The Morgan fingerprint density at radius 2 is 2.22 bits per heavy atom. The molecule has 3 nitrogen and oxygen atoms in total. The lowest BCUT2D eigenvalue weighted by molar-refractivity contribution is 0.202. The molecule has 18 heavy (non-hydrogen) atoms. The number of rotatable bonds is 5. The molecular weight excluding hydrogens is 244 g/mol. The van der Waals surface area contributed by atoms with Gasteiger partial charge in [-0.05, 0) is 46.5 Å². The number of anilines is 2. The predicted octanol–water partition coefficient (Wildman–Crippen LogP) is 3.23. The highest BCUT2D eigenvalue weighted by molar-refractivity contribution is 7.08. The molecule has 0 bridgehead atoms. The molecule has 0 fully saturated rings. The lowest BCUT2D eigenvalue weighted by atomic mass is 10.0. The topological polar surface area (TPSA) is 47.3 Å². The van der Waals surface area contributed by atoms with Crippen molar-refractivity contribution in [2.45, 2.75) is 6.42 Å². The molecule has 0 aliphatic carbocycles. The third kappa shape index (κ3) is 2.66. The standard InChI is InChI=1S/C14H18N2OS/c1-16-13-8-10(3-5-17-2)7-12(14(13)15)11-4-6-18-9-11/h4,6-9,16H,3,5,15H2,1-2H3. The van der Waals surface area contributed by atoms with Crippen molar-refractivity contribution in [1.82, 2.24) is 0 Å². The van der Waals surface area contributed by atoms with E-state index in [1.54, 1.807) is 18.4 Å². The van der Waals surface area contributed by atoms with Gasteiger partial charge in [-0.15, -0.1) is 0 Å². The Morgan fingerprint density at radius 1 is 1.39 bits per heavy atom. The first-order chi connectivity index (χ1) is 8.76. The molecule has 0 saturated carbocycles. The first-order valence-electron chi connectivity index (χ1n) is 5.88. The zero-order chi connectivity index (χ0) is 13.0. The molecule has 4 heteroatoms. The molecule has 0 radical (unpaired) electrons. The van der Waals surface area contributed by atoms with Crippen LogP contribution < -0.4 is 11.1 Å². The summed E-state index contributed by atoms with van der Waals surface area (Å²) in [6, 6.07) is 6.33. The van der Waals surface area contributed by atoms with Gasteiger partial charge >= 0.3 is 0 Å². The van der Waals surface area contributed by atoms with Crippen LogP contribution in [0.2, 0.25) is 0 Å². The highest BCUT2D eigenvalue weighted by Crippen LogP contribution is 2.34. The van der Waals surface area contributed by atoms with Gasteiger partial charge in [-0.1, -0.05) is 0 Å². The zero-order valence-electron chi connectivity index (χ0n) is 10.7. The van der Waals surface area contributed by atoms with Crippen LogP contribution in [0.25, 0.3) is 11.1 Å². The van der Waals surface area contributed by atoms with E-state index in [4.69, 9.17) is 10.5 Å². The number of methoxy groups -OCH3 is 1. The van der Waals surface area contributed by atoms with E-state index in [1.165, 1.54) is 11.1 Å². The van der Waals surface area contributed by atoms with Crippen LogP contribution in [0.15, 0.2) is 29.0 Å². The molecule has 1 heterocycles. The van der Waals surface area contributed by atoms with Gasteiger partial charge in [-0.2, -0.15) is 11.3 Å². The van der Waals surface area contributed by atoms with Gasteiger partial charge in [0.25, 0.3) is 0 Å². The monoisotopic (exact) mass is 262 g/mol. The van der Waals surface area contributed by atoms with Crippen LogP contribution >= 0.6 is 11.3 Å². The molecule has 0 aliphatic heterocycles. The summed E-state index contributed by atoms with van der Waals surface area (Å²) >= 11 is 1.68. The Morgan fingerprint density at radius 3 is 2.83 bits per heavy atom. The van der Waals surface area contributed by atoms with Crippen LogP contribution in [0.5, 0.6) is 0 Å². The third-order valence-corrected chi connectivity index (χ3v) is 3.62. The van der Waals surface area contributed by atoms with E-state index < -0.39 is 0 Å². The Bertz CT molecular complexity index is 509. The molecule has 0 atom stereocenters. The molecule has 2 aromatic rings. The van der Waals surface area contributed by atoms with Gasteiger partial charge in [0.1, 0.15) is 0 Å². The second-order valence-electron chi connectivity index (χ2n) is 4.11. The van der Waals surface area contributed by atoms with Crippen LogP contribution in [0.1, 0.15) is 5.56 Å². The first-order valence-corrected chi connectivity index (χ1v) is 6.82. The van der Waals surface area contributed by atoms with Gasteiger partial charge in [0.15, 0.2) is 0 Å². The maximum absolute atomic E-state index is 6.19. The summed E-state index contributed by atoms with van der Waals surface area (Å²) < 4.78 is 5.13. The Balaban J connectivity index is 2.43. The molecule has 1 aromatic carbocycles. The van der Waals surface area contributed by atoms with Gasteiger partial charge in [0, 0.05) is 19.7 Å². The number of nitrogen functional groups attached to an aromatic ring is 1. The minimum absolute atomic E-state index is 0.718. The van der Waals surface area contributed by atoms with Gasteiger partial charge < -0.3 is 15.8 Å². The van der Waals surface area contributed by atoms with E-state index in [-0.39, 0.29) is 0 Å². The molecular formula is C14H18N2OS. The molecule has 0 amide bonds. The molecule has 96 valence electrons. The second-order valence-corrected chi connectivity index (χ2v) is 4.89. The van der Waals surface area contributed by atoms with E-state index in [0.29, 0.717) is 0 Å². The van der Waals surface area contributed by atoms with Crippen LogP contribution in [0, 0.1) is 0 Å². The number of nitrogens with one attached hydrogen (secondary N) is 1. The van der Waals surface area contributed by atoms with Crippen molar-refractivity contribution in [1.29, 1.82) is 0 Å². The summed E-state index contributed by atoms with van der Waals surface area (Å²) in [6.07, 6.45) is 0.891. The van der Waals surface area contributed by atoms with Crippen molar-refractivity contribution in [2.24, 2.45) is 0 Å². The summed E-state index contributed by atoms with van der Waals surface area (Å²) in [4.78, 5) is 0. The summed E-state index contributed by atoms with van der Waals surface area (Å²) in [5.41, 5.74) is 11.5. The van der Waals surface area contributed by atoms with Gasteiger partial charge in [-0.25, -0.2) is 0 Å². The zero-order valence-corrected chi connectivity index (χ0v) is 11.5. The van der Waals surface area contributed by atoms with E-state index in [0.717, 1.165) is 30.0 Å². The summed E-state index contributed by atoms with van der Waals surface area (Å²) in [7, 11) is 3.61. The number of hydrogen-bond donors (Lipinski definition) is 2. The van der Waals surface area contributed by atoms with Crippen molar-refractivity contribution in [3.63, 3.8) is 0 Å². The Kier molecular flexibility index (Phi) is 4.23. The fourth-order valence-electron chi connectivity index (χ4n) is 1.94. The van der Waals surface area contributed by atoms with Crippen molar-refractivity contribution in [2.75, 3.05) is 31.8 Å². The Hall–Kier alpha value is -1.52. The average molecular weight is 262 g/mol. The van der Waals surface area contributed by atoms with Crippen LogP contribution in [-0.4, -0.2) is 20.8 Å². The van der Waals surface area contributed by atoms with Crippen molar-refractivity contribution in [3.05, 3.63) is 34.5 Å². The summed E-state index contributed by atoms with van der Waals surface area (Å²) in [6.45, 7) is 0.718. The molecule has 2 rings (SSSR count). The van der Waals surface area contributed by atoms with Crippen LogP contribution in [-0.2, 0) is 11.2 Å². The number of nitrogens with two attached hydrogens (primary N) is 1. The third-order valence-electron chi connectivity index (χ3n) is 2.94. The largest absolute Gasteiger partial charge is 0.397 e. The molecule has 1 aromatic heterocycles. The van der Waals surface area contributed by atoms with Crippen molar-refractivity contribution in [3.8, 4) is 11.1 Å². The quantitative estimate of drug-likeness (QED) is 0.813. The van der Waals surface area contributed by atoms with E-state index in [2.05, 4.69) is 34.3 Å². The van der Waals surface area contributed by atoms with E-state index >= 15 is 0 Å². The Labute approximate surface area is 112 Å². The lowest BCUT2D eigenvalue weighted by Gasteiger charge is -2.13. The molecule has 0 unspecified atom stereocenters. The number of thiophene rings is 1. The van der Waals surface area contributed by atoms with Crippen molar-refractivity contribution < 1.29 is 4.74 Å². The maximum atomic E-state index is 6.19. The molecule has 0 spiro atoms. The van der Waals surface area contributed by atoms with Crippen molar-refractivity contribution >= 4 is 22.7 Å². The number of benzene rings is 1. The van der Waals surface area contributed by atoms with Gasteiger partial charge in [-0.3, -0.25) is 0 Å². The highest BCUT2D eigenvalue weighted by atomic mass is 32.1. The van der Waals surface area contributed by atoms with E-state index in [9.17, 15) is 0 Å². The molecule has 3 N–H and O–H groups in total. The minimum Gasteiger partial charge on any atom is -0.397 e. The second kappa shape index (κ2) is 5.89. The normalized spacial score (nSPS) is 10.6. The molecule has 0 aliphatic rings. The number of ether oxygens (including phenoxy) is 1. The fraction of sp³-hybridized carbons (Fsp3) is 0.286. The fourth-order valence-corrected chi connectivity index (χ4v) is 2.60. The van der Waals surface area contributed by atoms with Gasteiger partial charge in [0.2, 0.25) is 0 Å². The van der Waals surface area contributed by atoms with Crippen LogP contribution in [0.4, 0.5) is 11.4 Å². The van der Waals surface area contributed by atoms with Gasteiger partial charge in [0.05, 0.1) is 18.0 Å². The average Bonchev–Trinajstić information content (AvgIpc) is 2.91. The predicted molar refractivity (Wildman–Crippen MR) is 79.3 cm³/mol. The minimum atomic E-state index is 0.718. The van der Waals surface area contributed by atoms with Crippen LogP contribution in [0.3, 0.4) is 0 Å². The lowest BCUT2D eigenvalue weighted by Crippen LogP contribution is -2.02. The first kappa shape index (κ1) is 12.9.